The predicted molar refractivity (Wildman–Crippen MR) is 94.8 cm³/mol. The molecular formula is C15H17BrClIO3. The summed E-state index contributed by atoms with van der Waals surface area (Å²) in [5, 5.41) is 0.634. The van der Waals surface area contributed by atoms with E-state index < -0.39 is 9.02 Å². The summed E-state index contributed by atoms with van der Waals surface area (Å²) < 4.78 is 11.4. The van der Waals surface area contributed by atoms with E-state index >= 15 is 0 Å². The standard InChI is InChI=1S/C15H17BrClIO3/c1-14(2,18)21-13(19)15(6-7-15)12(20-3)9-4-5-11(17)10(16)8-9/h4-5,8,12H,6-7H2,1-3H3. The van der Waals surface area contributed by atoms with Gasteiger partial charge in [-0.15, -0.1) is 0 Å². The largest absolute Gasteiger partial charge is 0.448 e. The molecule has 0 heterocycles. The minimum absolute atomic E-state index is 0.195. The average molecular weight is 488 g/mol. The fraction of sp³-hybridized carbons (Fsp3) is 0.533. The zero-order chi connectivity index (χ0) is 15.8. The summed E-state index contributed by atoms with van der Waals surface area (Å²) in [6.45, 7) is 3.73. The van der Waals surface area contributed by atoms with Gasteiger partial charge in [-0.3, -0.25) is 4.79 Å². The fourth-order valence-electron chi connectivity index (χ4n) is 2.39. The molecular weight excluding hydrogens is 470 g/mol. The Morgan fingerprint density at radius 3 is 2.52 bits per heavy atom. The summed E-state index contributed by atoms with van der Waals surface area (Å²) >= 11 is 11.6. The minimum Gasteiger partial charge on any atom is -0.448 e. The van der Waals surface area contributed by atoms with E-state index in [-0.39, 0.29) is 12.1 Å². The van der Waals surface area contributed by atoms with Gasteiger partial charge in [-0.1, -0.05) is 17.7 Å². The summed E-state index contributed by atoms with van der Waals surface area (Å²) in [5.74, 6) is -0.195. The third kappa shape index (κ3) is 3.92. The SMILES string of the molecule is COC(c1ccc(Cl)c(Br)c1)C1(C(=O)OC(C)(C)I)CC1. The molecule has 0 saturated heterocycles. The second-order valence-electron chi connectivity index (χ2n) is 5.70. The number of hydrogen-bond donors (Lipinski definition) is 0. The maximum atomic E-state index is 12.5. The number of ether oxygens (including phenoxy) is 2. The molecule has 1 aromatic carbocycles. The van der Waals surface area contributed by atoms with Crippen LogP contribution in [0.5, 0.6) is 0 Å². The minimum atomic E-state index is -0.579. The third-order valence-electron chi connectivity index (χ3n) is 3.51. The molecule has 0 bridgehead atoms. The first-order chi connectivity index (χ1) is 9.69. The van der Waals surface area contributed by atoms with Crippen molar-refractivity contribution in [2.45, 2.75) is 36.4 Å². The number of hydrogen-bond acceptors (Lipinski definition) is 3. The molecule has 0 amide bonds. The van der Waals surface area contributed by atoms with Gasteiger partial charge in [-0.25, -0.2) is 0 Å². The molecule has 21 heavy (non-hydrogen) atoms. The van der Waals surface area contributed by atoms with Crippen molar-refractivity contribution in [1.29, 1.82) is 0 Å². The maximum Gasteiger partial charge on any atom is 0.316 e. The van der Waals surface area contributed by atoms with Crippen LogP contribution in [0.3, 0.4) is 0 Å². The highest BCUT2D eigenvalue weighted by Gasteiger charge is 2.59. The van der Waals surface area contributed by atoms with E-state index in [0.717, 1.165) is 22.9 Å². The maximum absolute atomic E-state index is 12.5. The summed E-state index contributed by atoms with van der Waals surface area (Å²) in [6, 6.07) is 5.60. The molecule has 0 radical (unpaired) electrons. The molecule has 1 unspecified atom stereocenters. The number of alkyl halides is 1. The lowest BCUT2D eigenvalue weighted by molar-refractivity contribution is -0.161. The van der Waals surface area contributed by atoms with Gasteiger partial charge in [0.1, 0.15) is 0 Å². The van der Waals surface area contributed by atoms with Crippen molar-refractivity contribution in [1.82, 2.24) is 0 Å². The van der Waals surface area contributed by atoms with Crippen molar-refractivity contribution >= 4 is 56.1 Å². The lowest BCUT2D eigenvalue weighted by Gasteiger charge is -2.28. The topological polar surface area (TPSA) is 35.5 Å². The lowest BCUT2D eigenvalue weighted by Crippen LogP contribution is -2.32. The monoisotopic (exact) mass is 486 g/mol. The van der Waals surface area contributed by atoms with Gasteiger partial charge >= 0.3 is 5.97 Å². The molecule has 3 nitrogen and oxygen atoms in total. The van der Waals surface area contributed by atoms with Crippen LogP contribution < -0.4 is 0 Å². The summed E-state index contributed by atoms with van der Waals surface area (Å²) in [7, 11) is 1.62. The second-order valence-corrected chi connectivity index (χ2v) is 9.56. The van der Waals surface area contributed by atoms with Crippen molar-refractivity contribution in [3.8, 4) is 0 Å². The van der Waals surface area contributed by atoms with E-state index in [1.165, 1.54) is 0 Å². The van der Waals surface area contributed by atoms with Crippen LogP contribution in [0, 0.1) is 5.41 Å². The first-order valence-electron chi connectivity index (χ1n) is 6.60. The van der Waals surface area contributed by atoms with E-state index in [9.17, 15) is 4.79 Å². The lowest BCUT2D eigenvalue weighted by atomic mass is 9.92. The highest BCUT2D eigenvalue weighted by Crippen LogP contribution is 2.58. The molecule has 0 N–H and O–H groups in total. The molecule has 1 aliphatic carbocycles. The van der Waals surface area contributed by atoms with Crippen molar-refractivity contribution < 1.29 is 14.3 Å². The van der Waals surface area contributed by atoms with Crippen LogP contribution in [0.25, 0.3) is 0 Å². The van der Waals surface area contributed by atoms with Gasteiger partial charge in [0.2, 0.25) is 0 Å². The molecule has 6 heteroatoms. The van der Waals surface area contributed by atoms with Gasteiger partial charge in [-0.05, 0) is 82.9 Å². The van der Waals surface area contributed by atoms with Crippen molar-refractivity contribution in [3.63, 3.8) is 0 Å². The number of carbonyl (C=O) groups is 1. The van der Waals surface area contributed by atoms with E-state index in [0.29, 0.717) is 5.02 Å². The van der Waals surface area contributed by atoms with Crippen LogP contribution >= 0.6 is 50.1 Å². The van der Waals surface area contributed by atoms with Gasteiger partial charge < -0.3 is 9.47 Å². The average Bonchev–Trinajstić information content (AvgIpc) is 3.14. The number of methoxy groups -OCH3 is 1. The molecule has 1 saturated carbocycles. The van der Waals surface area contributed by atoms with Crippen molar-refractivity contribution in [2.75, 3.05) is 7.11 Å². The smallest absolute Gasteiger partial charge is 0.316 e. The molecule has 116 valence electrons. The Hall–Kier alpha value is 0.150. The van der Waals surface area contributed by atoms with Gasteiger partial charge in [0.25, 0.3) is 0 Å². The van der Waals surface area contributed by atoms with E-state index in [1.807, 2.05) is 26.0 Å². The van der Waals surface area contributed by atoms with Crippen molar-refractivity contribution in [2.24, 2.45) is 5.41 Å². The van der Waals surface area contributed by atoms with Crippen LogP contribution in [0.4, 0.5) is 0 Å². The highest BCUT2D eigenvalue weighted by molar-refractivity contribution is 14.1. The van der Waals surface area contributed by atoms with Crippen LogP contribution in [0.2, 0.25) is 5.02 Å². The molecule has 1 aromatic rings. The van der Waals surface area contributed by atoms with Gasteiger partial charge in [0, 0.05) is 11.6 Å². The van der Waals surface area contributed by atoms with Crippen LogP contribution in [-0.2, 0) is 14.3 Å². The molecule has 0 aliphatic heterocycles. The van der Waals surface area contributed by atoms with E-state index in [1.54, 1.807) is 13.2 Å². The Morgan fingerprint density at radius 2 is 2.10 bits per heavy atom. The number of halogens is 3. The van der Waals surface area contributed by atoms with Crippen molar-refractivity contribution in [3.05, 3.63) is 33.3 Å². The highest BCUT2D eigenvalue weighted by atomic mass is 127. The summed E-state index contributed by atoms with van der Waals surface area (Å²) in [5.41, 5.74) is 0.347. The summed E-state index contributed by atoms with van der Waals surface area (Å²) in [4.78, 5) is 12.5. The molecule has 1 aliphatic rings. The molecule has 0 spiro atoms. The number of carbonyl (C=O) groups excluding carboxylic acids is 1. The Morgan fingerprint density at radius 1 is 1.48 bits per heavy atom. The second kappa shape index (κ2) is 6.34. The molecule has 1 fully saturated rings. The van der Waals surface area contributed by atoms with Crippen LogP contribution in [-0.4, -0.2) is 16.7 Å². The summed E-state index contributed by atoms with van der Waals surface area (Å²) in [6.07, 6.45) is 1.23. The fourth-order valence-corrected chi connectivity index (χ4v) is 3.10. The predicted octanol–water partition coefficient (Wildman–Crippen LogP) is 5.28. The zero-order valence-electron chi connectivity index (χ0n) is 12.1. The number of esters is 1. The van der Waals surface area contributed by atoms with Gasteiger partial charge in [0.15, 0.2) is 3.61 Å². The van der Waals surface area contributed by atoms with Crippen LogP contribution in [0.1, 0.15) is 38.4 Å². The zero-order valence-corrected chi connectivity index (χ0v) is 16.6. The third-order valence-corrected chi connectivity index (χ3v) is 4.95. The molecule has 1 atom stereocenters. The Labute approximate surface area is 152 Å². The van der Waals surface area contributed by atoms with E-state index in [2.05, 4.69) is 38.5 Å². The molecule has 2 rings (SSSR count). The van der Waals surface area contributed by atoms with Gasteiger partial charge in [0.05, 0.1) is 16.5 Å². The Bertz CT molecular complexity index is 552. The number of rotatable bonds is 5. The van der Waals surface area contributed by atoms with E-state index in [4.69, 9.17) is 21.1 Å². The first kappa shape index (κ1) is 17.5. The Kier molecular flexibility index (Phi) is 5.28. The first-order valence-corrected chi connectivity index (χ1v) is 8.85. The Balaban J connectivity index is 2.28. The van der Waals surface area contributed by atoms with Crippen LogP contribution in [0.15, 0.2) is 22.7 Å². The number of benzene rings is 1. The molecule has 0 aromatic heterocycles. The van der Waals surface area contributed by atoms with Gasteiger partial charge in [-0.2, -0.15) is 0 Å². The normalized spacial score (nSPS) is 18.2. The quantitative estimate of drug-likeness (QED) is 0.322.